The average Bonchev–Trinajstić information content (AvgIpc) is 2.99. The van der Waals surface area contributed by atoms with Crippen LogP contribution < -0.4 is 4.74 Å². The minimum atomic E-state index is -0.0672. The average molecular weight is 287 g/mol. The molecule has 1 amide bonds. The molecule has 0 aliphatic rings. The van der Waals surface area contributed by atoms with Crippen LogP contribution in [0, 0.1) is 5.92 Å². The van der Waals surface area contributed by atoms with Crippen LogP contribution in [0.25, 0.3) is 0 Å². The summed E-state index contributed by atoms with van der Waals surface area (Å²) in [5.74, 6) is 1.23. The Bertz CT molecular complexity index is 575. The van der Waals surface area contributed by atoms with E-state index in [4.69, 9.17) is 9.15 Å². The van der Waals surface area contributed by atoms with Crippen LogP contribution in [-0.4, -0.2) is 24.5 Å². The number of ether oxygens (including phenoxy) is 1. The molecule has 0 bridgehead atoms. The highest BCUT2D eigenvalue weighted by atomic mass is 16.5. The number of para-hydroxylation sites is 1. The Morgan fingerprint density at radius 3 is 2.71 bits per heavy atom. The molecule has 4 heteroatoms. The van der Waals surface area contributed by atoms with Gasteiger partial charge in [-0.1, -0.05) is 32.0 Å². The summed E-state index contributed by atoms with van der Waals surface area (Å²) in [5.41, 5.74) is 1.55. The first-order valence-corrected chi connectivity index (χ1v) is 7.06. The van der Waals surface area contributed by atoms with Crippen LogP contribution in [0.5, 0.6) is 5.75 Å². The van der Waals surface area contributed by atoms with Crippen LogP contribution in [0.4, 0.5) is 0 Å². The largest absolute Gasteiger partial charge is 0.493 e. The zero-order chi connectivity index (χ0) is 15.2. The molecule has 2 aromatic rings. The molecule has 0 N–H and O–H groups in total. The van der Waals surface area contributed by atoms with Crippen molar-refractivity contribution >= 4 is 5.91 Å². The van der Waals surface area contributed by atoms with Gasteiger partial charge in [-0.2, -0.15) is 0 Å². The molecule has 0 spiro atoms. The fraction of sp³-hybridized carbons (Fsp3) is 0.353. The molecule has 1 aromatic carbocycles. The number of nitrogens with zero attached hydrogens (tertiary/aromatic N) is 1. The maximum absolute atomic E-state index is 12.2. The van der Waals surface area contributed by atoms with Crippen LogP contribution in [0.15, 0.2) is 47.3 Å². The van der Waals surface area contributed by atoms with Crippen LogP contribution in [0.1, 0.15) is 29.8 Å². The van der Waals surface area contributed by atoms with Gasteiger partial charge in [0.15, 0.2) is 0 Å². The van der Waals surface area contributed by atoms with Crippen molar-refractivity contribution in [3.63, 3.8) is 0 Å². The summed E-state index contributed by atoms with van der Waals surface area (Å²) >= 11 is 0. The molecule has 0 radical (unpaired) electrons. The lowest BCUT2D eigenvalue weighted by atomic mass is 10.1. The van der Waals surface area contributed by atoms with E-state index in [-0.39, 0.29) is 5.91 Å². The molecule has 1 heterocycles. The predicted octanol–water partition coefficient (Wildman–Crippen LogP) is 3.59. The summed E-state index contributed by atoms with van der Waals surface area (Å²) in [7, 11) is 1.77. The fourth-order valence-electron chi connectivity index (χ4n) is 1.97. The van der Waals surface area contributed by atoms with Crippen molar-refractivity contribution in [2.45, 2.75) is 20.4 Å². The van der Waals surface area contributed by atoms with Gasteiger partial charge in [-0.25, -0.2) is 0 Å². The number of hydrogen-bond donors (Lipinski definition) is 0. The smallest absolute Gasteiger partial charge is 0.257 e. The van der Waals surface area contributed by atoms with E-state index in [0.717, 1.165) is 11.3 Å². The first kappa shape index (κ1) is 15.2. The molecule has 0 atom stereocenters. The number of hydrogen-bond acceptors (Lipinski definition) is 3. The van der Waals surface area contributed by atoms with Gasteiger partial charge in [-0.3, -0.25) is 4.79 Å². The molecule has 0 unspecified atom stereocenters. The summed E-state index contributed by atoms with van der Waals surface area (Å²) in [4.78, 5) is 13.9. The third kappa shape index (κ3) is 4.12. The number of amides is 1. The second-order valence-electron chi connectivity index (χ2n) is 5.49. The lowest BCUT2D eigenvalue weighted by molar-refractivity contribution is 0.0783. The van der Waals surface area contributed by atoms with Gasteiger partial charge < -0.3 is 14.1 Å². The van der Waals surface area contributed by atoms with Crippen molar-refractivity contribution < 1.29 is 13.9 Å². The van der Waals surface area contributed by atoms with Gasteiger partial charge in [0.2, 0.25) is 0 Å². The van der Waals surface area contributed by atoms with Gasteiger partial charge in [0.25, 0.3) is 5.91 Å². The Kier molecular flexibility index (Phi) is 5.04. The molecular formula is C17H21NO3. The van der Waals surface area contributed by atoms with Crippen molar-refractivity contribution in [1.82, 2.24) is 4.90 Å². The summed E-state index contributed by atoms with van der Waals surface area (Å²) in [6.07, 6.45) is 2.96. The minimum Gasteiger partial charge on any atom is -0.493 e. The van der Waals surface area contributed by atoms with Crippen LogP contribution in [0.3, 0.4) is 0 Å². The first-order valence-electron chi connectivity index (χ1n) is 7.06. The van der Waals surface area contributed by atoms with E-state index in [1.807, 2.05) is 24.3 Å². The Morgan fingerprint density at radius 1 is 1.29 bits per heavy atom. The van der Waals surface area contributed by atoms with Crippen LogP contribution in [0.2, 0.25) is 0 Å². The monoisotopic (exact) mass is 287 g/mol. The lowest BCUT2D eigenvalue weighted by Gasteiger charge is -2.19. The molecule has 1 aromatic heterocycles. The number of rotatable bonds is 6. The van der Waals surface area contributed by atoms with Crippen LogP contribution >= 0.6 is 0 Å². The lowest BCUT2D eigenvalue weighted by Crippen LogP contribution is -2.26. The van der Waals surface area contributed by atoms with Gasteiger partial charge in [0, 0.05) is 19.2 Å². The zero-order valence-electron chi connectivity index (χ0n) is 12.7. The maximum Gasteiger partial charge on any atom is 0.257 e. The SMILES string of the molecule is CC(C)COc1ccccc1CN(C)C(=O)c1ccoc1. The minimum absolute atomic E-state index is 0.0672. The van der Waals surface area contributed by atoms with Gasteiger partial charge in [0.05, 0.1) is 18.4 Å². The normalized spacial score (nSPS) is 10.7. The molecule has 2 rings (SSSR count). The van der Waals surface area contributed by atoms with E-state index in [0.29, 0.717) is 24.6 Å². The van der Waals surface area contributed by atoms with E-state index >= 15 is 0 Å². The summed E-state index contributed by atoms with van der Waals surface area (Å²) in [5, 5.41) is 0. The highest BCUT2D eigenvalue weighted by Gasteiger charge is 2.15. The molecule has 0 aliphatic heterocycles. The van der Waals surface area contributed by atoms with Crippen LogP contribution in [-0.2, 0) is 6.54 Å². The van der Waals surface area contributed by atoms with Crippen molar-refractivity contribution in [2.24, 2.45) is 5.92 Å². The Hall–Kier alpha value is -2.23. The number of carbonyl (C=O) groups is 1. The molecule has 0 aliphatic carbocycles. The maximum atomic E-state index is 12.2. The van der Waals surface area contributed by atoms with E-state index in [1.54, 1.807) is 18.0 Å². The summed E-state index contributed by atoms with van der Waals surface area (Å²) < 4.78 is 10.8. The molecule has 0 fully saturated rings. The molecule has 4 nitrogen and oxygen atoms in total. The third-order valence-corrected chi connectivity index (χ3v) is 3.07. The first-order chi connectivity index (χ1) is 10.1. The van der Waals surface area contributed by atoms with Gasteiger partial charge in [-0.05, 0) is 18.1 Å². The topological polar surface area (TPSA) is 42.7 Å². The molecule has 112 valence electrons. The Labute approximate surface area is 125 Å². The number of carbonyl (C=O) groups excluding carboxylic acids is 1. The standard InChI is InChI=1S/C17H21NO3/c1-13(2)11-21-16-7-5-4-6-14(16)10-18(3)17(19)15-8-9-20-12-15/h4-9,12-13H,10-11H2,1-3H3. The number of furan rings is 1. The highest BCUT2D eigenvalue weighted by molar-refractivity contribution is 5.93. The van der Waals surface area contributed by atoms with Gasteiger partial charge in [-0.15, -0.1) is 0 Å². The van der Waals surface area contributed by atoms with Gasteiger partial charge >= 0.3 is 0 Å². The Morgan fingerprint density at radius 2 is 2.05 bits per heavy atom. The van der Waals surface area contributed by atoms with Crippen molar-refractivity contribution in [3.8, 4) is 5.75 Å². The second-order valence-corrected chi connectivity index (χ2v) is 5.49. The second kappa shape index (κ2) is 6.97. The van der Waals surface area contributed by atoms with Gasteiger partial charge in [0.1, 0.15) is 12.0 Å². The van der Waals surface area contributed by atoms with E-state index < -0.39 is 0 Å². The third-order valence-electron chi connectivity index (χ3n) is 3.07. The summed E-state index contributed by atoms with van der Waals surface area (Å²) in [6.45, 7) is 5.38. The number of benzene rings is 1. The Balaban J connectivity index is 2.06. The van der Waals surface area contributed by atoms with Crippen molar-refractivity contribution in [1.29, 1.82) is 0 Å². The zero-order valence-corrected chi connectivity index (χ0v) is 12.7. The van der Waals surface area contributed by atoms with E-state index in [9.17, 15) is 4.79 Å². The van der Waals surface area contributed by atoms with Crippen molar-refractivity contribution in [2.75, 3.05) is 13.7 Å². The molecular weight excluding hydrogens is 266 g/mol. The predicted molar refractivity (Wildman–Crippen MR) is 81.3 cm³/mol. The van der Waals surface area contributed by atoms with E-state index in [2.05, 4.69) is 13.8 Å². The molecule has 21 heavy (non-hydrogen) atoms. The quantitative estimate of drug-likeness (QED) is 0.815. The fourth-order valence-corrected chi connectivity index (χ4v) is 1.97. The highest BCUT2D eigenvalue weighted by Crippen LogP contribution is 2.21. The van der Waals surface area contributed by atoms with E-state index in [1.165, 1.54) is 12.5 Å². The summed E-state index contributed by atoms with van der Waals surface area (Å²) in [6, 6.07) is 9.48. The molecule has 0 saturated heterocycles. The van der Waals surface area contributed by atoms with Crippen molar-refractivity contribution in [3.05, 3.63) is 54.0 Å². The molecule has 0 saturated carbocycles.